The van der Waals surface area contributed by atoms with Crippen molar-refractivity contribution < 1.29 is 17.9 Å². The fraction of sp³-hybridized carbons (Fsp3) is 0.280. The van der Waals surface area contributed by atoms with Crippen LogP contribution in [0.1, 0.15) is 30.2 Å². The number of aromatic nitrogens is 1. The number of sulfonamides is 1. The quantitative estimate of drug-likeness (QED) is 0.399. The van der Waals surface area contributed by atoms with Crippen LogP contribution in [0.5, 0.6) is 5.75 Å². The summed E-state index contributed by atoms with van der Waals surface area (Å²) in [4.78, 5) is 17.9. The zero-order chi connectivity index (χ0) is 24.7. The van der Waals surface area contributed by atoms with Crippen LogP contribution in [0.15, 0.2) is 76.8 Å². The van der Waals surface area contributed by atoms with Gasteiger partial charge in [0.25, 0.3) is 0 Å². The summed E-state index contributed by atoms with van der Waals surface area (Å²) in [6, 6.07) is 18.1. The largest absolute Gasteiger partial charge is 0.495 e. The number of nitrogens with zero attached hydrogens (tertiary/aromatic N) is 2. The Morgan fingerprint density at radius 2 is 1.79 bits per heavy atom. The van der Waals surface area contributed by atoms with Gasteiger partial charge >= 0.3 is 0 Å². The number of methoxy groups -OCH3 is 1. The SMILES string of the molecule is CCN(CC)S(=O)(=O)c1ccc(SC(C(=O)Nc2cc(C)ccc2OC)c2ccccc2)nc1. The maximum Gasteiger partial charge on any atom is 0.244 e. The first-order valence-electron chi connectivity index (χ1n) is 10.9. The fourth-order valence-corrected chi connectivity index (χ4v) is 5.81. The highest BCUT2D eigenvalue weighted by Crippen LogP contribution is 2.36. The smallest absolute Gasteiger partial charge is 0.244 e. The average molecular weight is 500 g/mol. The van der Waals surface area contributed by atoms with Crippen LogP contribution in [0.25, 0.3) is 0 Å². The van der Waals surface area contributed by atoms with E-state index in [2.05, 4.69) is 10.3 Å². The van der Waals surface area contributed by atoms with Crippen LogP contribution in [0, 0.1) is 6.92 Å². The minimum Gasteiger partial charge on any atom is -0.495 e. The van der Waals surface area contributed by atoms with E-state index in [-0.39, 0.29) is 10.8 Å². The van der Waals surface area contributed by atoms with E-state index in [1.165, 1.54) is 28.3 Å². The molecule has 0 spiro atoms. The van der Waals surface area contributed by atoms with Gasteiger partial charge in [0.05, 0.1) is 17.8 Å². The van der Waals surface area contributed by atoms with Gasteiger partial charge in [-0.05, 0) is 42.3 Å². The first-order chi connectivity index (χ1) is 16.3. The van der Waals surface area contributed by atoms with Crippen LogP contribution in [0.4, 0.5) is 5.69 Å². The summed E-state index contributed by atoms with van der Waals surface area (Å²) >= 11 is 1.25. The molecule has 0 bridgehead atoms. The number of pyridine rings is 1. The van der Waals surface area contributed by atoms with Crippen LogP contribution in [0.2, 0.25) is 0 Å². The lowest BCUT2D eigenvalue weighted by molar-refractivity contribution is -0.115. The molecule has 34 heavy (non-hydrogen) atoms. The summed E-state index contributed by atoms with van der Waals surface area (Å²) in [7, 11) is -2.04. The highest BCUT2D eigenvalue weighted by atomic mass is 32.2. The molecule has 3 rings (SSSR count). The molecule has 0 saturated carbocycles. The normalized spacial score (nSPS) is 12.4. The van der Waals surface area contributed by atoms with E-state index in [9.17, 15) is 13.2 Å². The number of benzene rings is 2. The number of hydrogen-bond donors (Lipinski definition) is 1. The van der Waals surface area contributed by atoms with Gasteiger partial charge in [-0.15, -0.1) is 0 Å². The molecule has 1 aromatic heterocycles. The van der Waals surface area contributed by atoms with E-state index < -0.39 is 15.3 Å². The lowest BCUT2D eigenvalue weighted by atomic mass is 10.1. The van der Waals surface area contributed by atoms with E-state index in [1.807, 2.05) is 55.5 Å². The van der Waals surface area contributed by atoms with Gasteiger partial charge in [-0.2, -0.15) is 4.31 Å². The monoisotopic (exact) mass is 499 g/mol. The molecule has 2 aromatic carbocycles. The molecule has 0 fully saturated rings. The van der Waals surface area contributed by atoms with E-state index in [0.717, 1.165) is 11.1 Å². The fourth-order valence-electron chi connectivity index (χ4n) is 3.44. The number of thioether (sulfide) groups is 1. The molecule has 1 N–H and O–H groups in total. The van der Waals surface area contributed by atoms with Crippen molar-refractivity contribution in [3.8, 4) is 5.75 Å². The molecule has 180 valence electrons. The Bertz CT molecular complexity index is 1210. The zero-order valence-corrected chi connectivity index (χ0v) is 21.3. The first kappa shape index (κ1) is 25.7. The van der Waals surface area contributed by atoms with Crippen molar-refractivity contribution in [2.75, 3.05) is 25.5 Å². The molecule has 0 radical (unpaired) electrons. The van der Waals surface area contributed by atoms with Gasteiger partial charge in [0.2, 0.25) is 15.9 Å². The molecule has 0 saturated heterocycles. The third kappa shape index (κ3) is 5.97. The molecule has 1 unspecified atom stereocenters. The Balaban J connectivity index is 1.88. The molecule has 1 amide bonds. The molecule has 0 aliphatic carbocycles. The number of ether oxygens (including phenoxy) is 1. The Labute approximate surface area is 205 Å². The number of carbonyl (C=O) groups is 1. The molecule has 1 heterocycles. The third-order valence-electron chi connectivity index (χ3n) is 5.24. The summed E-state index contributed by atoms with van der Waals surface area (Å²) in [5, 5.41) is 2.91. The summed E-state index contributed by atoms with van der Waals surface area (Å²) < 4.78 is 32.3. The Morgan fingerprint density at radius 3 is 2.38 bits per heavy atom. The van der Waals surface area contributed by atoms with Crippen molar-refractivity contribution in [3.63, 3.8) is 0 Å². The van der Waals surface area contributed by atoms with Gasteiger partial charge in [-0.3, -0.25) is 4.79 Å². The van der Waals surface area contributed by atoms with Crippen LogP contribution >= 0.6 is 11.8 Å². The molecule has 0 aliphatic rings. The van der Waals surface area contributed by atoms with E-state index >= 15 is 0 Å². The van der Waals surface area contributed by atoms with Crippen LogP contribution in [-0.2, 0) is 14.8 Å². The third-order valence-corrected chi connectivity index (χ3v) is 8.48. The minimum atomic E-state index is -3.60. The van der Waals surface area contributed by atoms with Crippen molar-refractivity contribution in [1.82, 2.24) is 9.29 Å². The summed E-state index contributed by atoms with van der Waals surface area (Å²) in [5.74, 6) is 0.335. The molecule has 0 aliphatic heterocycles. The second kappa shape index (κ2) is 11.5. The van der Waals surface area contributed by atoms with Gasteiger partial charge in [-0.1, -0.05) is 62.0 Å². The standard InChI is InChI=1S/C25H29N3O4S2/c1-5-28(6-2)34(30,31)20-13-15-23(26-17-20)33-24(19-10-8-7-9-11-19)25(29)27-21-16-18(3)12-14-22(21)32-4/h7-17,24H,5-6H2,1-4H3,(H,27,29). The second-order valence-corrected chi connectivity index (χ2v) is 10.6. The number of nitrogens with one attached hydrogen (secondary N) is 1. The molecular weight excluding hydrogens is 470 g/mol. The Kier molecular flexibility index (Phi) is 8.71. The van der Waals surface area contributed by atoms with Crippen molar-refractivity contribution >= 4 is 33.4 Å². The lowest BCUT2D eigenvalue weighted by Gasteiger charge is -2.19. The predicted octanol–water partition coefficient (Wildman–Crippen LogP) is 4.90. The topological polar surface area (TPSA) is 88.6 Å². The minimum absolute atomic E-state index is 0.130. The molecule has 7 nitrogen and oxygen atoms in total. The number of aryl methyl sites for hydroxylation is 1. The molecular formula is C25H29N3O4S2. The highest BCUT2D eigenvalue weighted by molar-refractivity contribution is 8.00. The summed E-state index contributed by atoms with van der Waals surface area (Å²) in [5.41, 5.74) is 2.38. The van der Waals surface area contributed by atoms with E-state index in [1.54, 1.807) is 27.0 Å². The van der Waals surface area contributed by atoms with Crippen molar-refractivity contribution in [1.29, 1.82) is 0 Å². The maximum atomic E-state index is 13.4. The number of hydrogen-bond acceptors (Lipinski definition) is 6. The maximum absolute atomic E-state index is 13.4. The number of rotatable bonds is 10. The zero-order valence-electron chi connectivity index (χ0n) is 19.7. The predicted molar refractivity (Wildman–Crippen MR) is 136 cm³/mol. The number of anilines is 1. The summed E-state index contributed by atoms with van der Waals surface area (Å²) in [6.45, 7) is 6.30. The van der Waals surface area contributed by atoms with Gasteiger partial charge < -0.3 is 10.1 Å². The van der Waals surface area contributed by atoms with Crippen molar-refractivity contribution in [2.24, 2.45) is 0 Å². The summed E-state index contributed by atoms with van der Waals surface area (Å²) in [6.07, 6.45) is 1.35. The van der Waals surface area contributed by atoms with Crippen molar-refractivity contribution in [3.05, 3.63) is 78.0 Å². The van der Waals surface area contributed by atoms with Crippen LogP contribution in [-0.4, -0.2) is 43.8 Å². The van der Waals surface area contributed by atoms with Gasteiger partial charge in [-0.25, -0.2) is 13.4 Å². The molecule has 9 heteroatoms. The van der Waals surface area contributed by atoms with Gasteiger partial charge in [0.15, 0.2) is 0 Å². The molecule has 1 atom stereocenters. The molecule has 3 aromatic rings. The Morgan fingerprint density at radius 1 is 1.09 bits per heavy atom. The van der Waals surface area contributed by atoms with Crippen LogP contribution < -0.4 is 10.1 Å². The number of amides is 1. The van der Waals surface area contributed by atoms with E-state index in [4.69, 9.17) is 4.74 Å². The average Bonchev–Trinajstić information content (AvgIpc) is 2.84. The van der Waals surface area contributed by atoms with Crippen LogP contribution in [0.3, 0.4) is 0 Å². The second-order valence-electron chi connectivity index (χ2n) is 7.52. The highest BCUT2D eigenvalue weighted by Gasteiger charge is 2.25. The lowest BCUT2D eigenvalue weighted by Crippen LogP contribution is -2.30. The van der Waals surface area contributed by atoms with Gasteiger partial charge in [0.1, 0.15) is 15.9 Å². The van der Waals surface area contributed by atoms with Gasteiger partial charge in [0, 0.05) is 19.3 Å². The number of carbonyl (C=O) groups excluding carboxylic acids is 1. The first-order valence-corrected chi connectivity index (χ1v) is 13.2. The Hall–Kier alpha value is -2.88. The van der Waals surface area contributed by atoms with Crippen molar-refractivity contribution in [2.45, 2.75) is 35.9 Å². The van der Waals surface area contributed by atoms with E-state index in [0.29, 0.717) is 29.6 Å².